The van der Waals surface area contributed by atoms with Crippen molar-refractivity contribution in [3.05, 3.63) is 35.4 Å². The van der Waals surface area contributed by atoms with Gasteiger partial charge >= 0.3 is 0 Å². The molecule has 0 atom stereocenters. The average Bonchev–Trinajstić information content (AvgIpc) is 2.45. The number of benzene rings is 1. The first-order valence-corrected chi connectivity index (χ1v) is 8.24. The van der Waals surface area contributed by atoms with Gasteiger partial charge in [0.25, 0.3) is 0 Å². The summed E-state index contributed by atoms with van der Waals surface area (Å²) in [5.41, 5.74) is 2.96. The molecule has 1 N–H and O–H groups in total. The first-order chi connectivity index (χ1) is 10.1. The minimum Gasteiger partial charge on any atom is -0.316 e. The van der Waals surface area contributed by atoms with Crippen molar-refractivity contribution in [1.29, 1.82) is 0 Å². The lowest BCUT2D eigenvalue weighted by Gasteiger charge is -2.20. The summed E-state index contributed by atoms with van der Waals surface area (Å²) in [7, 11) is 6.50. The molecular weight excluding hydrogens is 258 g/mol. The molecule has 0 aliphatic carbocycles. The Morgan fingerprint density at radius 2 is 1.67 bits per heavy atom. The van der Waals surface area contributed by atoms with Gasteiger partial charge in [-0.05, 0) is 77.7 Å². The van der Waals surface area contributed by atoms with Crippen LogP contribution in [0, 0.1) is 0 Å². The molecule has 1 aromatic carbocycles. The Morgan fingerprint density at radius 3 is 2.33 bits per heavy atom. The van der Waals surface area contributed by atoms with Gasteiger partial charge in [0.2, 0.25) is 0 Å². The minimum absolute atomic E-state index is 1.05. The molecule has 0 unspecified atom stereocenters. The monoisotopic (exact) mass is 291 g/mol. The number of hydrogen-bond donors (Lipinski definition) is 1. The molecular formula is C18H33N3. The van der Waals surface area contributed by atoms with Gasteiger partial charge in [0.1, 0.15) is 0 Å². The molecule has 1 rings (SSSR count). The van der Waals surface area contributed by atoms with E-state index in [4.69, 9.17) is 0 Å². The highest BCUT2D eigenvalue weighted by Crippen LogP contribution is 2.12. The number of rotatable bonds is 11. The average molecular weight is 291 g/mol. The predicted molar refractivity (Wildman–Crippen MR) is 92.8 cm³/mol. The summed E-state index contributed by atoms with van der Waals surface area (Å²) in [5.74, 6) is 0. The number of hydrogen-bond acceptors (Lipinski definition) is 3. The second-order valence-electron chi connectivity index (χ2n) is 6.16. The summed E-state index contributed by atoms with van der Waals surface area (Å²) in [6.07, 6.45) is 3.56. The lowest BCUT2D eigenvalue weighted by Crippen LogP contribution is -2.24. The third kappa shape index (κ3) is 8.20. The molecule has 0 aliphatic rings. The van der Waals surface area contributed by atoms with Crippen molar-refractivity contribution in [2.24, 2.45) is 0 Å². The predicted octanol–water partition coefficient (Wildman–Crippen LogP) is 2.61. The van der Waals surface area contributed by atoms with E-state index in [2.05, 4.69) is 67.4 Å². The van der Waals surface area contributed by atoms with Gasteiger partial charge in [0, 0.05) is 6.54 Å². The summed E-state index contributed by atoms with van der Waals surface area (Å²) in [4.78, 5) is 4.68. The van der Waals surface area contributed by atoms with E-state index in [0.29, 0.717) is 0 Å². The second-order valence-corrected chi connectivity index (χ2v) is 6.16. The summed E-state index contributed by atoms with van der Waals surface area (Å²) in [5, 5.41) is 3.49. The highest BCUT2D eigenvalue weighted by atomic mass is 15.1. The molecule has 0 amide bonds. The van der Waals surface area contributed by atoms with Crippen LogP contribution in [0.15, 0.2) is 24.3 Å². The van der Waals surface area contributed by atoms with Gasteiger partial charge in [-0.3, -0.25) is 0 Å². The Balaban J connectivity index is 2.42. The normalized spacial score (nSPS) is 11.5. The molecule has 3 heteroatoms. The SMILES string of the molecule is CCCNCCc1ccccc1CN(C)CCCN(C)C. The second kappa shape index (κ2) is 10.8. The summed E-state index contributed by atoms with van der Waals surface area (Å²) in [6.45, 7) is 7.77. The first kappa shape index (κ1) is 18.1. The van der Waals surface area contributed by atoms with Crippen molar-refractivity contribution in [3.63, 3.8) is 0 Å². The highest BCUT2D eigenvalue weighted by Gasteiger charge is 2.05. The molecule has 0 fully saturated rings. The van der Waals surface area contributed by atoms with E-state index in [1.54, 1.807) is 0 Å². The van der Waals surface area contributed by atoms with Crippen molar-refractivity contribution in [2.45, 2.75) is 32.7 Å². The van der Waals surface area contributed by atoms with Crippen LogP contribution in [0.4, 0.5) is 0 Å². The summed E-state index contributed by atoms with van der Waals surface area (Å²) < 4.78 is 0. The fourth-order valence-corrected chi connectivity index (χ4v) is 2.51. The van der Waals surface area contributed by atoms with E-state index in [1.807, 2.05) is 0 Å². The van der Waals surface area contributed by atoms with Crippen LogP contribution >= 0.6 is 0 Å². The van der Waals surface area contributed by atoms with E-state index in [0.717, 1.165) is 39.1 Å². The van der Waals surface area contributed by atoms with Crippen molar-refractivity contribution >= 4 is 0 Å². The molecule has 0 radical (unpaired) electrons. The number of nitrogens with zero attached hydrogens (tertiary/aromatic N) is 2. The molecule has 0 aromatic heterocycles. The summed E-state index contributed by atoms with van der Waals surface area (Å²) >= 11 is 0. The van der Waals surface area contributed by atoms with E-state index < -0.39 is 0 Å². The third-order valence-corrected chi connectivity index (χ3v) is 3.70. The van der Waals surface area contributed by atoms with Crippen LogP contribution in [0.3, 0.4) is 0 Å². The van der Waals surface area contributed by atoms with E-state index in [-0.39, 0.29) is 0 Å². The standard InChI is InChI=1S/C18H33N3/c1-5-12-19-13-11-17-9-6-7-10-18(17)16-21(4)15-8-14-20(2)3/h6-7,9-10,19H,5,8,11-16H2,1-4H3. The maximum Gasteiger partial charge on any atom is 0.0233 e. The highest BCUT2D eigenvalue weighted by molar-refractivity contribution is 5.27. The molecule has 0 heterocycles. The topological polar surface area (TPSA) is 18.5 Å². The Hall–Kier alpha value is -0.900. The van der Waals surface area contributed by atoms with Gasteiger partial charge in [-0.15, -0.1) is 0 Å². The van der Waals surface area contributed by atoms with Crippen molar-refractivity contribution in [3.8, 4) is 0 Å². The Kier molecular flexibility index (Phi) is 9.31. The van der Waals surface area contributed by atoms with Crippen molar-refractivity contribution in [1.82, 2.24) is 15.1 Å². The first-order valence-electron chi connectivity index (χ1n) is 8.24. The van der Waals surface area contributed by atoms with Gasteiger partial charge in [0.15, 0.2) is 0 Å². The molecule has 3 nitrogen and oxygen atoms in total. The van der Waals surface area contributed by atoms with Gasteiger partial charge in [0.05, 0.1) is 0 Å². The molecule has 1 aromatic rings. The van der Waals surface area contributed by atoms with E-state index in [1.165, 1.54) is 24.0 Å². The van der Waals surface area contributed by atoms with Crippen LogP contribution in [0.25, 0.3) is 0 Å². The van der Waals surface area contributed by atoms with Crippen LogP contribution in [0.1, 0.15) is 30.9 Å². The lowest BCUT2D eigenvalue weighted by molar-refractivity contribution is 0.294. The quantitative estimate of drug-likeness (QED) is 0.632. The van der Waals surface area contributed by atoms with Crippen LogP contribution in [-0.4, -0.2) is 57.1 Å². The zero-order valence-corrected chi connectivity index (χ0v) is 14.4. The molecule has 21 heavy (non-hydrogen) atoms. The zero-order chi connectivity index (χ0) is 15.5. The van der Waals surface area contributed by atoms with E-state index >= 15 is 0 Å². The molecule has 0 spiro atoms. The lowest BCUT2D eigenvalue weighted by atomic mass is 10.0. The van der Waals surface area contributed by atoms with Crippen LogP contribution < -0.4 is 5.32 Å². The fourth-order valence-electron chi connectivity index (χ4n) is 2.51. The maximum absolute atomic E-state index is 3.49. The van der Waals surface area contributed by atoms with Crippen molar-refractivity contribution in [2.75, 3.05) is 47.3 Å². The van der Waals surface area contributed by atoms with Gasteiger partial charge in [-0.1, -0.05) is 31.2 Å². The molecule has 0 aliphatic heterocycles. The number of nitrogens with one attached hydrogen (secondary N) is 1. The van der Waals surface area contributed by atoms with Crippen molar-refractivity contribution < 1.29 is 0 Å². The van der Waals surface area contributed by atoms with Crippen LogP contribution in [0.5, 0.6) is 0 Å². The molecule has 0 saturated heterocycles. The summed E-state index contributed by atoms with van der Waals surface area (Å²) in [6, 6.07) is 8.87. The Bertz CT molecular complexity index is 376. The maximum atomic E-state index is 3.49. The third-order valence-electron chi connectivity index (χ3n) is 3.70. The van der Waals surface area contributed by atoms with Gasteiger partial charge < -0.3 is 15.1 Å². The largest absolute Gasteiger partial charge is 0.316 e. The smallest absolute Gasteiger partial charge is 0.0233 e. The molecule has 120 valence electrons. The van der Waals surface area contributed by atoms with Gasteiger partial charge in [-0.25, -0.2) is 0 Å². The molecule has 0 bridgehead atoms. The van der Waals surface area contributed by atoms with Gasteiger partial charge in [-0.2, -0.15) is 0 Å². The molecule has 0 saturated carbocycles. The van der Waals surface area contributed by atoms with Crippen LogP contribution in [-0.2, 0) is 13.0 Å². The Labute approximate surface area is 131 Å². The Morgan fingerprint density at radius 1 is 0.952 bits per heavy atom. The van der Waals surface area contributed by atoms with E-state index in [9.17, 15) is 0 Å². The minimum atomic E-state index is 1.05. The fraction of sp³-hybridized carbons (Fsp3) is 0.667. The van der Waals surface area contributed by atoms with Crippen LogP contribution in [0.2, 0.25) is 0 Å². The zero-order valence-electron chi connectivity index (χ0n) is 14.4.